The molecule has 1 rings (SSSR count). The van der Waals surface area contributed by atoms with Gasteiger partial charge in [0.25, 0.3) is 0 Å². The molecule has 0 radical (unpaired) electrons. The van der Waals surface area contributed by atoms with Crippen LogP contribution in [-0.2, 0) is 9.59 Å². The number of likely N-dealkylation sites (tertiary alicyclic amines) is 1. The first kappa shape index (κ1) is 12.7. The van der Waals surface area contributed by atoms with Crippen LogP contribution in [0.5, 0.6) is 0 Å². The molecule has 0 saturated carbocycles. The predicted molar refractivity (Wildman–Crippen MR) is 58.2 cm³/mol. The minimum Gasteiger partial charge on any atom is -0.301 e. The van der Waals surface area contributed by atoms with E-state index >= 15 is 0 Å². The van der Waals surface area contributed by atoms with Crippen molar-refractivity contribution >= 4 is 11.8 Å². The van der Waals surface area contributed by atoms with Crippen molar-refractivity contribution in [1.82, 2.24) is 10.2 Å². The molecule has 0 aromatic heterocycles. The van der Waals surface area contributed by atoms with Crippen molar-refractivity contribution in [2.24, 2.45) is 5.41 Å². The molecule has 0 spiro atoms. The molecule has 5 nitrogen and oxygen atoms in total. The van der Waals surface area contributed by atoms with Gasteiger partial charge in [-0.05, 0) is 14.0 Å². The Labute approximate surface area is 95.4 Å². The summed E-state index contributed by atoms with van der Waals surface area (Å²) in [5, 5.41) is 11.8. The fraction of sp³-hybridized carbons (Fsp3) is 0.727. The van der Waals surface area contributed by atoms with Gasteiger partial charge in [0, 0.05) is 6.42 Å². The van der Waals surface area contributed by atoms with E-state index in [0.29, 0.717) is 0 Å². The number of nitrogens with zero attached hydrogens (tertiary/aromatic N) is 2. The number of nitrogens with one attached hydrogen (secondary N) is 1. The quantitative estimate of drug-likeness (QED) is 0.697. The lowest BCUT2D eigenvalue weighted by atomic mass is 9.92. The monoisotopic (exact) mass is 223 g/mol. The molecule has 0 aliphatic carbocycles. The summed E-state index contributed by atoms with van der Waals surface area (Å²) < 4.78 is 0. The summed E-state index contributed by atoms with van der Waals surface area (Å²) in [6, 6.07) is 2.07. The van der Waals surface area contributed by atoms with Crippen LogP contribution in [0.2, 0.25) is 0 Å². The van der Waals surface area contributed by atoms with Crippen LogP contribution in [0.4, 0.5) is 0 Å². The van der Waals surface area contributed by atoms with E-state index in [4.69, 9.17) is 5.26 Å². The molecule has 2 amide bonds. The molecule has 0 aromatic rings. The number of hydrogen-bond donors (Lipinski definition) is 1. The SMILES string of the molecule is CNC(C)(C#N)CN1C(=O)CC(C)(C)C1=O. The summed E-state index contributed by atoms with van der Waals surface area (Å²) in [4.78, 5) is 24.8. The maximum Gasteiger partial charge on any atom is 0.235 e. The second-order valence-electron chi connectivity index (χ2n) is 5.04. The Morgan fingerprint density at radius 2 is 2.12 bits per heavy atom. The second kappa shape index (κ2) is 3.87. The Morgan fingerprint density at radius 3 is 2.44 bits per heavy atom. The lowest BCUT2D eigenvalue weighted by Gasteiger charge is -2.27. The molecule has 1 saturated heterocycles. The van der Waals surface area contributed by atoms with E-state index in [2.05, 4.69) is 11.4 Å². The maximum atomic E-state index is 11.9. The molecule has 5 heteroatoms. The van der Waals surface area contributed by atoms with Crippen LogP contribution in [0, 0.1) is 16.7 Å². The highest BCUT2D eigenvalue weighted by atomic mass is 16.2. The minimum absolute atomic E-state index is 0.0983. The fourth-order valence-electron chi connectivity index (χ4n) is 1.67. The van der Waals surface area contributed by atoms with Crippen molar-refractivity contribution in [2.45, 2.75) is 32.7 Å². The Morgan fingerprint density at radius 1 is 1.56 bits per heavy atom. The van der Waals surface area contributed by atoms with Gasteiger partial charge >= 0.3 is 0 Å². The highest BCUT2D eigenvalue weighted by molar-refractivity contribution is 6.05. The molecule has 1 N–H and O–H groups in total. The van der Waals surface area contributed by atoms with Gasteiger partial charge < -0.3 is 5.32 Å². The topological polar surface area (TPSA) is 73.2 Å². The number of likely N-dealkylation sites (N-methyl/N-ethyl adjacent to an activating group) is 1. The largest absolute Gasteiger partial charge is 0.301 e. The van der Waals surface area contributed by atoms with E-state index in [9.17, 15) is 9.59 Å². The van der Waals surface area contributed by atoms with Crippen molar-refractivity contribution in [3.63, 3.8) is 0 Å². The molecule has 1 aliphatic heterocycles. The Hall–Kier alpha value is -1.41. The van der Waals surface area contributed by atoms with Gasteiger partial charge in [-0.3, -0.25) is 14.5 Å². The summed E-state index contributed by atoms with van der Waals surface area (Å²) in [7, 11) is 1.64. The lowest BCUT2D eigenvalue weighted by molar-refractivity contribution is -0.141. The average Bonchev–Trinajstić information content (AvgIpc) is 2.40. The fourth-order valence-corrected chi connectivity index (χ4v) is 1.67. The molecular formula is C11H17N3O2. The van der Waals surface area contributed by atoms with E-state index in [1.807, 2.05) is 0 Å². The number of carbonyl (C=O) groups is 2. The number of carbonyl (C=O) groups excluding carboxylic acids is 2. The summed E-state index contributed by atoms with van der Waals surface area (Å²) >= 11 is 0. The van der Waals surface area contributed by atoms with Crippen LogP contribution >= 0.6 is 0 Å². The molecule has 0 bridgehead atoms. The zero-order valence-corrected chi connectivity index (χ0v) is 10.1. The van der Waals surface area contributed by atoms with Gasteiger partial charge in [0.05, 0.1) is 18.0 Å². The Kier molecular flexibility index (Phi) is 3.06. The van der Waals surface area contributed by atoms with Gasteiger partial charge in [0.2, 0.25) is 11.8 Å². The molecule has 1 unspecified atom stereocenters. The van der Waals surface area contributed by atoms with Crippen molar-refractivity contribution in [1.29, 1.82) is 5.26 Å². The van der Waals surface area contributed by atoms with Crippen LogP contribution in [0.3, 0.4) is 0 Å². The minimum atomic E-state index is -0.883. The first-order chi connectivity index (χ1) is 7.25. The Balaban J connectivity index is 2.88. The standard InChI is InChI=1S/C11H17N3O2/c1-10(2)5-8(15)14(9(10)16)7-11(3,6-12)13-4/h13H,5,7H2,1-4H3. The third-order valence-corrected chi connectivity index (χ3v) is 2.99. The van der Waals surface area contributed by atoms with E-state index < -0.39 is 11.0 Å². The van der Waals surface area contributed by atoms with Gasteiger partial charge in [-0.1, -0.05) is 13.8 Å². The van der Waals surface area contributed by atoms with Gasteiger partial charge in [-0.25, -0.2) is 0 Å². The highest BCUT2D eigenvalue weighted by Gasteiger charge is 2.46. The Bertz CT molecular complexity index is 370. The summed E-state index contributed by atoms with van der Waals surface area (Å²) in [5.41, 5.74) is -1.52. The van der Waals surface area contributed by atoms with Crippen LogP contribution in [0.25, 0.3) is 0 Å². The molecule has 1 heterocycles. The molecule has 1 fully saturated rings. The van der Waals surface area contributed by atoms with E-state index in [0.717, 1.165) is 0 Å². The maximum absolute atomic E-state index is 11.9. The lowest BCUT2D eigenvalue weighted by Crippen LogP contribution is -2.51. The summed E-state index contributed by atoms with van der Waals surface area (Å²) in [6.07, 6.45) is 0.219. The average molecular weight is 223 g/mol. The number of imide groups is 1. The van der Waals surface area contributed by atoms with Gasteiger partial charge in [-0.2, -0.15) is 5.26 Å². The van der Waals surface area contributed by atoms with Gasteiger partial charge in [-0.15, -0.1) is 0 Å². The molecular weight excluding hydrogens is 206 g/mol. The van der Waals surface area contributed by atoms with Crippen molar-refractivity contribution in [3.05, 3.63) is 0 Å². The zero-order chi connectivity index (χ0) is 12.6. The number of amides is 2. The number of hydrogen-bond acceptors (Lipinski definition) is 4. The third kappa shape index (κ3) is 2.07. The number of rotatable bonds is 3. The van der Waals surface area contributed by atoms with E-state index in [1.54, 1.807) is 27.8 Å². The summed E-state index contributed by atoms with van der Waals surface area (Å²) in [6.45, 7) is 5.26. The van der Waals surface area contributed by atoms with Crippen LogP contribution in [0.1, 0.15) is 27.2 Å². The molecule has 16 heavy (non-hydrogen) atoms. The first-order valence-corrected chi connectivity index (χ1v) is 5.21. The number of nitriles is 1. The van der Waals surface area contributed by atoms with Crippen LogP contribution in [-0.4, -0.2) is 35.8 Å². The van der Waals surface area contributed by atoms with Gasteiger partial charge in [0.15, 0.2) is 0 Å². The van der Waals surface area contributed by atoms with Crippen molar-refractivity contribution in [2.75, 3.05) is 13.6 Å². The molecule has 1 aliphatic rings. The summed E-state index contributed by atoms with van der Waals surface area (Å²) in [5.74, 6) is -0.402. The third-order valence-electron chi connectivity index (χ3n) is 2.99. The second-order valence-corrected chi connectivity index (χ2v) is 5.04. The molecule has 0 aromatic carbocycles. The van der Waals surface area contributed by atoms with Crippen LogP contribution < -0.4 is 5.32 Å². The highest BCUT2D eigenvalue weighted by Crippen LogP contribution is 2.32. The van der Waals surface area contributed by atoms with E-state index in [-0.39, 0.29) is 24.8 Å². The van der Waals surface area contributed by atoms with Gasteiger partial charge in [0.1, 0.15) is 5.54 Å². The van der Waals surface area contributed by atoms with Crippen molar-refractivity contribution in [3.8, 4) is 6.07 Å². The van der Waals surface area contributed by atoms with Crippen LogP contribution in [0.15, 0.2) is 0 Å². The predicted octanol–water partition coefficient (Wildman–Crippen LogP) is 0.273. The molecule has 1 atom stereocenters. The smallest absolute Gasteiger partial charge is 0.235 e. The first-order valence-electron chi connectivity index (χ1n) is 5.21. The van der Waals surface area contributed by atoms with Crippen molar-refractivity contribution < 1.29 is 9.59 Å². The molecule has 88 valence electrons. The van der Waals surface area contributed by atoms with E-state index in [1.165, 1.54) is 4.90 Å². The normalized spacial score (nSPS) is 23.1. The zero-order valence-electron chi connectivity index (χ0n) is 10.1.